The van der Waals surface area contributed by atoms with Gasteiger partial charge in [-0.2, -0.15) is 0 Å². The number of rotatable bonds is 0. The van der Waals surface area contributed by atoms with Crippen molar-refractivity contribution in [2.45, 2.75) is 6.42 Å². The summed E-state index contributed by atoms with van der Waals surface area (Å²) in [5.41, 5.74) is 1.54. The van der Waals surface area contributed by atoms with Crippen molar-refractivity contribution in [2.24, 2.45) is 5.92 Å². The Bertz CT molecular complexity index is 126. The smallest absolute Gasteiger partial charge is 0.000414 e. The molecule has 3 aliphatic carbocycles. The van der Waals surface area contributed by atoms with Gasteiger partial charge in [-0.1, -0.05) is 23.8 Å². The maximum absolute atomic E-state index is 2.31. The average Bonchev–Trinajstić information content (AvgIpc) is 1.72. The van der Waals surface area contributed by atoms with Crippen LogP contribution in [-0.4, -0.2) is 0 Å². The molecule has 0 heterocycles. The number of allylic oxidation sites excluding steroid dienone is 4. The molecule has 0 saturated carbocycles. The summed E-state index contributed by atoms with van der Waals surface area (Å²) >= 11 is 0. The Morgan fingerprint density at radius 3 is 2.67 bits per heavy atom. The molecule has 0 saturated heterocycles. The maximum Gasteiger partial charge on any atom is -0.000414 e. The van der Waals surface area contributed by atoms with E-state index in [4.69, 9.17) is 0 Å². The van der Waals surface area contributed by atoms with Crippen LogP contribution in [0.5, 0.6) is 0 Å². The molecule has 0 radical (unpaired) electrons. The van der Waals surface area contributed by atoms with Crippen molar-refractivity contribution in [3.63, 3.8) is 0 Å². The van der Waals surface area contributed by atoms with Gasteiger partial charge in [-0.05, 0) is 12.3 Å². The Kier molecular flexibility index (Phi) is 0.264. The summed E-state index contributed by atoms with van der Waals surface area (Å²) in [6, 6.07) is 0. The molecule has 0 fully saturated rings. The van der Waals surface area contributed by atoms with E-state index < -0.39 is 0 Å². The van der Waals surface area contributed by atoms with Crippen molar-refractivity contribution in [2.75, 3.05) is 0 Å². The fourth-order valence-corrected chi connectivity index (χ4v) is 1.01. The largest absolute Gasteiger partial charge is 0.0770 e. The third-order valence-electron chi connectivity index (χ3n) is 1.46. The van der Waals surface area contributed by atoms with E-state index in [0.29, 0.717) is 0 Å². The van der Waals surface area contributed by atoms with Gasteiger partial charge in [0.1, 0.15) is 0 Å². The Labute approximate surface area is 37.2 Å². The first-order valence-corrected chi connectivity index (χ1v) is 2.34. The molecule has 0 aliphatic heterocycles. The first-order chi connectivity index (χ1) is 2.95. The third-order valence-corrected chi connectivity index (χ3v) is 1.46. The minimum Gasteiger partial charge on any atom is -0.0770 e. The molecule has 30 valence electrons. The van der Waals surface area contributed by atoms with Gasteiger partial charge in [0.25, 0.3) is 0 Å². The quantitative estimate of drug-likeness (QED) is 0.412. The van der Waals surface area contributed by atoms with Crippen LogP contribution in [0.2, 0.25) is 0 Å². The predicted molar refractivity (Wildman–Crippen MR) is 25.3 cm³/mol. The number of hydrogen-bond donors (Lipinski definition) is 0. The van der Waals surface area contributed by atoms with E-state index in [9.17, 15) is 0 Å². The molecule has 0 aromatic rings. The fraction of sp³-hybridized carbons (Fsp3) is 0.333. The van der Waals surface area contributed by atoms with Crippen molar-refractivity contribution in [1.29, 1.82) is 0 Å². The van der Waals surface area contributed by atoms with E-state index in [0.717, 1.165) is 5.92 Å². The third kappa shape index (κ3) is 0.137. The fourth-order valence-electron chi connectivity index (χ4n) is 1.01. The molecule has 0 unspecified atom stereocenters. The maximum atomic E-state index is 2.31. The average molecular weight is 78.1 g/mol. The van der Waals surface area contributed by atoms with Gasteiger partial charge in [0, 0.05) is 0 Å². The van der Waals surface area contributed by atoms with Crippen LogP contribution in [0.25, 0.3) is 0 Å². The summed E-state index contributed by atoms with van der Waals surface area (Å²) in [5.74, 6) is 0.847. The van der Waals surface area contributed by atoms with Crippen LogP contribution in [0.3, 0.4) is 0 Å². The van der Waals surface area contributed by atoms with E-state index in [2.05, 4.69) is 18.2 Å². The molecule has 0 spiro atoms. The summed E-state index contributed by atoms with van der Waals surface area (Å²) in [4.78, 5) is 0. The summed E-state index contributed by atoms with van der Waals surface area (Å²) in [7, 11) is 0. The predicted octanol–water partition coefficient (Wildman–Crippen LogP) is 1.50. The van der Waals surface area contributed by atoms with Crippen LogP contribution < -0.4 is 0 Å². The highest BCUT2D eigenvalue weighted by Crippen LogP contribution is 2.34. The highest BCUT2D eigenvalue weighted by molar-refractivity contribution is 5.39. The Hall–Kier alpha value is -0.520. The van der Waals surface area contributed by atoms with Gasteiger partial charge < -0.3 is 0 Å². The van der Waals surface area contributed by atoms with Crippen molar-refractivity contribution in [3.05, 3.63) is 23.8 Å². The summed E-state index contributed by atoms with van der Waals surface area (Å²) in [6.07, 6.45) is 8.11. The zero-order valence-electron chi connectivity index (χ0n) is 3.52. The monoisotopic (exact) mass is 78.0 g/mol. The molecule has 0 aromatic heterocycles. The summed E-state index contributed by atoms with van der Waals surface area (Å²) in [6.45, 7) is 0. The van der Waals surface area contributed by atoms with E-state index in [-0.39, 0.29) is 0 Å². The van der Waals surface area contributed by atoms with Crippen LogP contribution in [0.4, 0.5) is 0 Å². The van der Waals surface area contributed by atoms with Gasteiger partial charge in [-0.15, -0.1) is 0 Å². The van der Waals surface area contributed by atoms with Crippen LogP contribution in [0, 0.1) is 5.92 Å². The molecule has 6 heavy (non-hydrogen) atoms. The van der Waals surface area contributed by atoms with E-state index in [1.807, 2.05) is 0 Å². The zero-order chi connectivity index (χ0) is 3.98. The summed E-state index contributed by atoms with van der Waals surface area (Å²) in [5, 5.41) is 0. The van der Waals surface area contributed by atoms with E-state index in [1.165, 1.54) is 6.42 Å². The van der Waals surface area contributed by atoms with Crippen LogP contribution in [-0.2, 0) is 0 Å². The standard InChI is InChI=1S/C6H6/c1-2-6-3-5(1)4-6/h1-3,5H,4H2/t5-/m0/s1. The molecule has 3 rings (SSSR count). The van der Waals surface area contributed by atoms with Crippen LogP contribution in [0.1, 0.15) is 6.42 Å². The Balaban J connectivity index is 2.57. The SMILES string of the molecule is C1=C[C@H]2C=C1C2. The van der Waals surface area contributed by atoms with Crippen LogP contribution >= 0.6 is 0 Å². The molecule has 0 aromatic carbocycles. The first-order valence-electron chi connectivity index (χ1n) is 2.34. The lowest BCUT2D eigenvalue weighted by Gasteiger charge is -2.09. The molecule has 0 heteroatoms. The van der Waals surface area contributed by atoms with Crippen molar-refractivity contribution in [3.8, 4) is 0 Å². The van der Waals surface area contributed by atoms with Crippen molar-refractivity contribution < 1.29 is 0 Å². The molecular weight excluding hydrogens is 72.1 g/mol. The van der Waals surface area contributed by atoms with Gasteiger partial charge in [0.2, 0.25) is 0 Å². The van der Waals surface area contributed by atoms with E-state index in [1.54, 1.807) is 5.57 Å². The summed E-state index contributed by atoms with van der Waals surface area (Å²) < 4.78 is 0. The second-order valence-corrected chi connectivity index (χ2v) is 1.97. The van der Waals surface area contributed by atoms with Gasteiger partial charge in [-0.25, -0.2) is 0 Å². The Morgan fingerprint density at radius 2 is 2.50 bits per heavy atom. The molecule has 2 bridgehead atoms. The van der Waals surface area contributed by atoms with Crippen molar-refractivity contribution >= 4 is 0 Å². The topological polar surface area (TPSA) is 0 Å². The van der Waals surface area contributed by atoms with E-state index >= 15 is 0 Å². The zero-order valence-corrected chi connectivity index (χ0v) is 3.52. The van der Waals surface area contributed by atoms with Gasteiger partial charge in [-0.3, -0.25) is 0 Å². The molecule has 0 amide bonds. The van der Waals surface area contributed by atoms with Gasteiger partial charge in [0.05, 0.1) is 0 Å². The van der Waals surface area contributed by atoms with Crippen molar-refractivity contribution in [1.82, 2.24) is 0 Å². The molecule has 0 nitrogen and oxygen atoms in total. The highest BCUT2D eigenvalue weighted by Gasteiger charge is 2.19. The number of hydrogen-bond acceptors (Lipinski definition) is 0. The van der Waals surface area contributed by atoms with Crippen LogP contribution in [0.15, 0.2) is 23.8 Å². The molecular formula is C6H6. The highest BCUT2D eigenvalue weighted by atomic mass is 14.2. The first kappa shape index (κ1) is 2.62. The normalized spacial score (nSPS) is 36.0. The lowest BCUT2D eigenvalue weighted by Crippen LogP contribution is -1.95. The molecule has 3 aliphatic rings. The molecule has 1 atom stereocenters. The lowest BCUT2D eigenvalue weighted by molar-refractivity contribution is 0.768. The minimum atomic E-state index is 0.847. The Morgan fingerprint density at radius 1 is 1.67 bits per heavy atom. The second-order valence-electron chi connectivity index (χ2n) is 1.97. The second kappa shape index (κ2) is 0.604. The van der Waals surface area contributed by atoms with Gasteiger partial charge >= 0.3 is 0 Å². The van der Waals surface area contributed by atoms with Gasteiger partial charge in [0.15, 0.2) is 0 Å². The molecule has 0 N–H and O–H groups in total. The lowest BCUT2D eigenvalue weighted by atomic mass is 9.96. The minimum absolute atomic E-state index is 0.847.